The van der Waals surface area contributed by atoms with Crippen molar-refractivity contribution in [1.29, 1.82) is 0 Å². The predicted octanol–water partition coefficient (Wildman–Crippen LogP) is 3.40. The molecule has 5 heteroatoms. The van der Waals surface area contributed by atoms with Gasteiger partial charge in [-0.15, -0.1) is 5.11 Å². The summed E-state index contributed by atoms with van der Waals surface area (Å²) in [5.41, 5.74) is 7.50. The van der Waals surface area contributed by atoms with E-state index in [4.69, 9.17) is 15.6 Å². The van der Waals surface area contributed by atoms with Crippen LogP contribution in [0.3, 0.4) is 0 Å². The number of nitrogens with zero attached hydrogens (tertiary/aromatic N) is 2. The van der Waals surface area contributed by atoms with Gasteiger partial charge in [0.1, 0.15) is 17.2 Å². The molecule has 0 aromatic heterocycles. The summed E-state index contributed by atoms with van der Waals surface area (Å²) in [4.78, 5) is 0. The van der Waals surface area contributed by atoms with Crippen molar-refractivity contribution in [3.05, 3.63) is 42.5 Å². The molecule has 2 aromatic carbocycles. The molecule has 0 fully saturated rings. The van der Waals surface area contributed by atoms with Gasteiger partial charge in [-0.05, 0) is 36.4 Å². The number of phenolic OH excluding ortho intramolecular Hbond substituents is 1. The van der Waals surface area contributed by atoms with Crippen LogP contribution in [-0.4, -0.2) is 12.2 Å². The van der Waals surface area contributed by atoms with Crippen molar-refractivity contribution in [2.45, 2.75) is 0 Å². The molecule has 0 saturated heterocycles. The molecule has 92 valence electrons. The summed E-state index contributed by atoms with van der Waals surface area (Å²) in [6.07, 6.45) is 0. The van der Waals surface area contributed by atoms with Crippen molar-refractivity contribution < 1.29 is 9.84 Å². The highest BCUT2D eigenvalue weighted by atomic mass is 16.5. The molecule has 0 aliphatic rings. The summed E-state index contributed by atoms with van der Waals surface area (Å²) in [5, 5.41) is 17.3. The highest BCUT2D eigenvalue weighted by molar-refractivity contribution is 5.59. The topological polar surface area (TPSA) is 80.2 Å². The van der Waals surface area contributed by atoms with Crippen LogP contribution in [0.5, 0.6) is 11.5 Å². The molecule has 3 N–H and O–H groups in total. The van der Waals surface area contributed by atoms with Gasteiger partial charge in [0.25, 0.3) is 0 Å². The Morgan fingerprint density at radius 1 is 1.06 bits per heavy atom. The van der Waals surface area contributed by atoms with Crippen LogP contribution >= 0.6 is 0 Å². The summed E-state index contributed by atoms with van der Waals surface area (Å²) >= 11 is 0. The zero-order valence-electron chi connectivity index (χ0n) is 9.87. The maximum atomic E-state index is 9.15. The maximum absolute atomic E-state index is 9.15. The Morgan fingerprint density at radius 3 is 2.44 bits per heavy atom. The lowest BCUT2D eigenvalue weighted by Gasteiger charge is -2.03. The number of methoxy groups -OCH3 is 1. The highest BCUT2D eigenvalue weighted by Crippen LogP contribution is 2.30. The fourth-order valence-corrected chi connectivity index (χ4v) is 1.41. The molecule has 2 rings (SSSR count). The van der Waals surface area contributed by atoms with Gasteiger partial charge >= 0.3 is 0 Å². The fraction of sp³-hybridized carbons (Fsp3) is 0.0769. The Bertz CT molecular complexity index is 565. The molecule has 0 aliphatic carbocycles. The van der Waals surface area contributed by atoms with Crippen LogP contribution in [0, 0.1) is 0 Å². The fourth-order valence-electron chi connectivity index (χ4n) is 1.41. The van der Waals surface area contributed by atoms with Gasteiger partial charge in [0.2, 0.25) is 0 Å². The van der Waals surface area contributed by atoms with Gasteiger partial charge in [-0.3, -0.25) is 0 Å². The number of nitrogen functional groups attached to an aromatic ring is 1. The average molecular weight is 243 g/mol. The zero-order valence-corrected chi connectivity index (χ0v) is 9.87. The predicted molar refractivity (Wildman–Crippen MR) is 69.7 cm³/mol. The number of phenols is 1. The van der Waals surface area contributed by atoms with Gasteiger partial charge < -0.3 is 15.6 Å². The molecule has 0 amide bonds. The Labute approximate surface area is 105 Å². The first-order valence-electron chi connectivity index (χ1n) is 5.33. The molecule has 0 radical (unpaired) electrons. The largest absolute Gasteiger partial charge is 0.508 e. The smallest absolute Gasteiger partial charge is 0.148 e. The van der Waals surface area contributed by atoms with E-state index in [-0.39, 0.29) is 5.75 Å². The molecule has 0 aliphatic heterocycles. The molecule has 0 bridgehead atoms. The summed E-state index contributed by atoms with van der Waals surface area (Å²) in [7, 11) is 1.55. The van der Waals surface area contributed by atoms with Gasteiger partial charge in [0.05, 0.1) is 12.8 Å². The summed E-state index contributed by atoms with van der Waals surface area (Å²) in [6.45, 7) is 0. The highest BCUT2D eigenvalue weighted by Gasteiger charge is 2.01. The first-order chi connectivity index (χ1) is 8.69. The number of nitrogens with two attached hydrogens (primary N) is 1. The number of rotatable bonds is 3. The lowest BCUT2D eigenvalue weighted by atomic mass is 10.2. The zero-order chi connectivity index (χ0) is 13.0. The third-order valence-electron chi connectivity index (χ3n) is 2.33. The quantitative estimate of drug-likeness (QED) is 0.640. The van der Waals surface area contributed by atoms with E-state index in [1.54, 1.807) is 49.6 Å². The van der Waals surface area contributed by atoms with E-state index in [2.05, 4.69) is 10.2 Å². The van der Waals surface area contributed by atoms with E-state index < -0.39 is 0 Å². The maximum Gasteiger partial charge on any atom is 0.148 e. The van der Waals surface area contributed by atoms with Crippen LogP contribution in [0.2, 0.25) is 0 Å². The monoisotopic (exact) mass is 243 g/mol. The van der Waals surface area contributed by atoms with Gasteiger partial charge in [-0.1, -0.05) is 0 Å². The normalized spacial score (nSPS) is 10.7. The van der Waals surface area contributed by atoms with E-state index in [0.717, 1.165) is 0 Å². The summed E-state index contributed by atoms with van der Waals surface area (Å²) < 4.78 is 5.16. The third kappa shape index (κ3) is 2.76. The Hall–Kier alpha value is -2.56. The first kappa shape index (κ1) is 11.9. The minimum Gasteiger partial charge on any atom is -0.508 e. The molecule has 0 spiro atoms. The van der Waals surface area contributed by atoms with Crippen LogP contribution in [0.25, 0.3) is 0 Å². The van der Waals surface area contributed by atoms with Crippen molar-refractivity contribution in [1.82, 2.24) is 0 Å². The number of azo groups is 1. The standard InChI is InChI=1S/C13H13N3O2/c1-18-13-8-9(14)2-7-12(13)16-15-10-3-5-11(17)6-4-10/h2-8,17H,14H2,1H3/b16-15+. The molecule has 0 saturated carbocycles. The SMILES string of the molecule is COc1cc(N)ccc1/N=N/c1ccc(O)cc1. The van der Waals surface area contributed by atoms with Crippen molar-refractivity contribution in [3.8, 4) is 11.5 Å². The van der Waals surface area contributed by atoms with Gasteiger partial charge in [-0.25, -0.2) is 0 Å². The van der Waals surface area contributed by atoms with Crippen molar-refractivity contribution >= 4 is 17.1 Å². The lowest BCUT2D eigenvalue weighted by Crippen LogP contribution is -1.87. The lowest BCUT2D eigenvalue weighted by molar-refractivity contribution is 0.416. The van der Waals surface area contributed by atoms with Crippen LogP contribution in [-0.2, 0) is 0 Å². The van der Waals surface area contributed by atoms with Gasteiger partial charge in [-0.2, -0.15) is 5.11 Å². The molecular formula is C13H13N3O2. The van der Waals surface area contributed by atoms with Crippen LogP contribution in [0.1, 0.15) is 0 Å². The van der Waals surface area contributed by atoms with Crippen LogP contribution < -0.4 is 10.5 Å². The van der Waals surface area contributed by atoms with Crippen LogP contribution in [0.4, 0.5) is 17.1 Å². The number of benzene rings is 2. The van der Waals surface area contributed by atoms with Crippen molar-refractivity contribution in [2.24, 2.45) is 10.2 Å². The molecular weight excluding hydrogens is 230 g/mol. The molecule has 5 nitrogen and oxygen atoms in total. The number of anilines is 1. The number of hydrogen-bond donors (Lipinski definition) is 2. The molecule has 2 aromatic rings. The van der Waals surface area contributed by atoms with Gasteiger partial charge in [0.15, 0.2) is 0 Å². The number of aromatic hydroxyl groups is 1. The summed E-state index contributed by atoms with van der Waals surface area (Å²) in [5.74, 6) is 0.761. The number of hydrogen-bond acceptors (Lipinski definition) is 5. The van der Waals surface area contributed by atoms with E-state index in [9.17, 15) is 0 Å². The Balaban J connectivity index is 2.25. The van der Waals surface area contributed by atoms with E-state index in [1.807, 2.05) is 0 Å². The second-order valence-electron chi connectivity index (χ2n) is 3.65. The molecule has 0 unspecified atom stereocenters. The number of ether oxygens (including phenoxy) is 1. The molecule has 0 heterocycles. The average Bonchev–Trinajstić information content (AvgIpc) is 2.39. The Morgan fingerprint density at radius 2 is 1.78 bits per heavy atom. The van der Waals surface area contributed by atoms with Crippen molar-refractivity contribution in [2.75, 3.05) is 12.8 Å². The second kappa shape index (κ2) is 5.18. The third-order valence-corrected chi connectivity index (χ3v) is 2.33. The minimum atomic E-state index is 0.194. The van der Waals surface area contributed by atoms with E-state index >= 15 is 0 Å². The second-order valence-corrected chi connectivity index (χ2v) is 3.65. The van der Waals surface area contributed by atoms with E-state index in [0.29, 0.717) is 22.8 Å². The first-order valence-corrected chi connectivity index (χ1v) is 5.33. The van der Waals surface area contributed by atoms with E-state index in [1.165, 1.54) is 0 Å². The summed E-state index contributed by atoms with van der Waals surface area (Å²) in [6, 6.07) is 11.6. The molecule has 0 atom stereocenters. The van der Waals surface area contributed by atoms with Crippen molar-refractivity contribution in [3.63, 3.8) is 0 Å². The van der Waals surface area contributed by atoms with Gasteiger partial charge in [0, 0.05) is 11.8 Å². The Kier molecular flexibility index (Phi) is 3.43. The van der Waals surface area contributed by atoms with Crippen LogP contribution in [0.15, 0.2) is 52.7 Å². The minimum absolute atomic E-state index is 0.194. The molecule has 18 heavy (non-hydrogen) atoms.